The summed E-state index contributed by atoms with van der Waals surface area (Å²) >= 11 is 0. The number of rotatable bonds is 15. The highest BCUT2D eigenvalue weighted by Crippen LogP contribution is 2.11. The first-order valence-electron chi connectivity index (χ1n) is 9.26. The molecule has 0 aromatic carbocycles. The first-order chi connectivity index (χ1) is 12.5. The van der Waals surface area contributed by atoms with E-state index in [2.05, 4.69) is 0 Å². The van der Waals surface area contributed by atoms with Crippen LogP contribution < -0.4 is 0 Å². The van der Waals surface area contributed by atoms with Crippen molar-refractivity contribution in [2.24, 2.45) is 0 Å². The van der Waals surface area contributed by atoms with E-state index < -0.39 is 30.1 Å². The molecule has 0 heterocycles. The maximum absolute atomic E-state index is 12.0. The minimum Gasteiger partial charge on any atom is -0.481 e. The fraction of sp³-hybridized carbons (Fsp3) is 0.737. The molecule has 0 aromatic rings. The second-order valence-corrected chi connectivity index (χ2v) is 7.73. The maximum Gasteiger partial charge on any atom is 0.308 e. The lowest BCUT2D eigenvalue weighted by atomic mass is 10.1. The fourth-order valence-electron chi connectivity index (χ4n) is 2.56. The third kappa shape index (κ3) is 17.3. The number of allylic oxidation sites excluding steroid dienone is 2. The number of unbranched alkanes of at least 4 members (excludes halogenated alkanes) is 2. The number of carboxylic acid groups (broad SMARTS) is 2. The molecular weight excluding hydrogens is 354 g/mol. The highest BCUT2D eigenvalue weighted by atomic mass is 16.5. The van der Waals surface area contributed by atoms with Gasteiger partial charge in [0.25, 0.3) is 0 Å². The molecule has 0 aromatic heterocycles. The van der Waals surface area contributed by atoms with Gasteiger partial charge in [0.2, 0.25) is 0 Å². The average Bonchev–Trinajstić information content (AvgIpc) is 2.46. The van der Waals surface area contributed by atoms with Gasteiger partial charge in [0, 0.05) is 6.42 Å². The van der Waals surface area contributed by atoms with E-state index in [1.165, 1.54) is 0 Å². The van der Waals surface area contributed by atoms with E-state index in [4.69, 9.17) is 14.9 Å². The third-order valence-electron chi connectivity index (χ3n) is 3.70. The highest BCUT2D eigenvalue weighted by Gasteiger charge is 2.25. The predicted molar refractivity (Wildman–Crippen MR) is 100 cm³/mol. The first-order valence-corrected chi connectivity index (χ1v) is 9.26. The van der Waals surface area contributed by atoms with Crippen molar-refractivity contribution >= 4 is 17.9 Å². The average molecular weight is 388 g/mol. The Hall–Kier alpha value is -1.93. The summed E-state index contributed by atoms with van der Waals surface area (Å²) in [6.07, 6.45) is 5.24. The van der Waals surface area contributed by atoms with Gasteiger partial charge in [-0.3, -0.25) is 14.4 Å². The van der Waals surface area contributed by atoms with E-state index in [0.717, 1.165) is 19.3 Å². The molecule has 0 fully saturated rings. The van der Waals surface area contributed by atoms with Crippen LogP contribution in [0.15, 0.2) is 12.2 Å². The molecule has 0 aliphatic carbocycles. The van der Waals surface area contributed by atoms with E-state index in [-0.39, 0.29) is 19.3 Å². The SMILES string of the molecule is C[N+](C)(C)CC(CC(=O)O)OC(=O)CC(O)CCCC/C=C/CCC(=O)O. The topological polar surface area (TPSA) is 121 Å². The number of aliphatic hydroxyl groups is 1. The van der Waals surface area contributed by atoms with Crippen LogP contribution in [0.5, 0.6) is 0 Å². The monoisotopic (exact) mass is 388 g/mol. The van der Waals surface area contributed by atoms with Crippen molar-refractivity contribution in [1.82, 2.24) is 0 Å². The summed E-state index contributed by atoms with van der Waals surface area (Å²) in [6.45, 7) is 0.377. The molecule has 0 aliphatic heterocycles. The maximum atomic E-state index is 12.0. The smallest absolute Gasteiger partial charge is 0.308 e. The lowest BCUT2D eigenvalue weighted by Crippen LogP contribution is -2.44. The molecule has 0 spiro atoms. The molecule has 0 bridgehead atoms. The van der Waals surface area contributed by atoms with E-state index in [9.17, 15) is 19.5 Å². The number of esters is 1. The van der Waals surface area contributed by atoms with Gasteiger partial charge in [-0.2, -0.15) is 0 Å². The van der Waals surface area contributed by atoms with Crippen LogP contribution in [0.25, 0.3) is 0 Å². The molecular formula is C19H34NO7+. The number of hydrogen-bond acceptors (Lipinski definition) is 5. The highest BCUT2D eigenvalue weighted by molar-refractivity contribution is 5.72. The van der Waals surface area contributed by atoms with Crippen molar-refractivity contribution in [1.29, 1.82) is 0 Å². The van der Waals surface area contributed by atoms with E-state index in [1.54, 1.807) is 0 Å². The van der Waals surface area contributed by atoms with Crippen LogP contribution in [0.2, 0.25) is 0 Å². The zero-order chi connectivity index (χ0) is 20.9. The second kappa shape index (κ2) is 13.3. The van der Waals surface area contributed by atoms with Gasteiger partial charge in [0.05, 0.1) is 40.1 Å². The lowest BCUT2D eigenvalue weighted by molar-refractivity contribution is -0.873. The molecule has 0 radical (unpaired) electrons. The number of likely N-dealkylation sites (N-methyl/N-ethyl adjacent to an activating group) is 1. The summed E-state index contributed by atoms with van der Waals surface area (Å²) in [5.74, 6) is -2.43. The molecule has 156 valence electrons. The number of aliphatic hydroxyl groups excluding tert-OH is 1. The molecule has 8 heteroatoms. The Morgan fingerprint density at radius 1 is 0.963 bits per heavy atom. The Labute approximate surface area is 161 Å². The van der Waals surface area contributed by atoms with Crippen LogP contribution in [-0.2, 0) is 19.1 Å². The number of carbonyl (C=O) groups excluding carboxylic acids is 1. The molecule has 2 unspecified atom stereocenters. The van der Waals surface area contributed by atoms with Crippen LogP contribution in [0, 0.1) is 0 Å². The number of carboxylic acids is 2. The summed E-state index contributed by atoms with van der Waals surface area (Å²) in [5, 5.41) is 27.4. The normalized spacial score (nSPS) is 14.1. The van der Waals surface area contributed by atoms with Crippen molar-refractivity contribution in [3.63, 3.8) is 0 Å². The molecule has 0 saturated heterocycles. The first kappa shape index (κ1) is 25.1. The summed E-state index contributed by atoms with van der Waals surface area (Å²) in [7, 11) is 5.65. The molecule has 3 N–H and O–H groups in total. The fourth-order valence-corrected chi connectivity index (χ4v) is 2.56. The lowest BCUT2D eigenvalue weighted by Gasteiger charge is -2.28. The van der Waals surface area contributed by atoms with Gasteiger partial charge in [-0.05, 0) is 25.7 Å². The Morgan fingerprint density at radius 3 is 2.15 bits per heavy atom. The van der Waals surface area contributed by atoms with Crippen molar-refractivity contribution < 1.29 is 38.9 Å². The minimum atomic E-state index is -1.03. The van der Waals surface area contributed by atoms with Crippen LogP contribution in [0.3, 0.4) is 0 Å². The Kier molecular flexibility index (Phi) is 12.3. The number of hydrogen-bond donors (Lipinski definition) is 3. The number of nitrogens with zero attached hydrogens (tertiary/aromatic N) is 1. The predicted octanol–water partition coefficient (Wildman–Crippen LogP) is 1.81. The molecule has 8 nitrogen and oxygen atoms in total. The van der Waals surface area contributed by atoms with Crippen LogP contribution in [-0.4, -0.2) is 77.6 Å². The van der Waals surface area contributed by atoms with Crippen LogP contribution >= 0.6 is 0 Å². The Balaban J connectivity index is 4.07. The zero-order valence-corrected chi connectivity index (χ0v) is 16.6. The van der Waals surface area contributed by atoms with Crippen LogP contribution in [0.4, 0.5) is 0 Å². The molecule has 0 saturated carbocycles. The molecule has 0 amide bonds. The van der Waals surface area contributed by atoms with Crippen LogP contribution in [0.1, 0.15) is 51.4 Å². The Morgan fingerprint density at radius 2 is 1.59 bits per heavy atom. The van der Waals surface area contributed by atoms with Gasteiger partial charge >= 0.3 is 17.9 Å². The second-order valence-electron chi connectivity index (χ2n) is 7.73. The summed E-state index contributed by atoms with van der Waals surface area (Å²) in [4.78, 5) is 33.2. The summed E-state index contributed by atoms with van der Waals surface area (Å²) < 4.78 is 5.71. The standard InChI is InChI=1S/C19H33NO7/c1-20(2,3)14-16(13-18(24)25)27-19(26)12-15(21)10-8-6-4-5-7-9-11-17(22)23/h5,7,15-16,21H,4,6,8-14H2,1-3H3,(H-,22,23,24,25)/p+1/b7-5+. The number of quaternary nitrogens is 1. The van der Waals surface area contributed by atoms with Gasteiger partial charge < -0.3 is 24.5 Å². The van der Waals surface area contributed by atoms with Crippen molar-refractivity contribution in [2.75, 3.05) is 27.7 Å². The summed E-state index contributed by atoms with van der Waals surface area (Å²) in [5.41, 5.74) is 0. The van der Waals surface area contributed by atoms with Gasteiger partial charge in [-0.1, -0.05) is 18.6 Å². The summed E-state index contributed by atoms with van der Waals surface area (Å²) in [6, 6.07) is 0. The van der Waals surface area contributed by atoms with E-state index in [0.29, 0.717) is 23.9 Å². The number of ether oxygens (including phenoxy) is 1. The molecule has 27 heavy (non-hydrogen) atoms. The van der Waals surface area contributed by atoms with Crippen molar-refractivity contribution in [2.45, 2.75) is 63.6 Å². The van der Waals surface area contributed by atoms with E-state index in [1.807, 2.05) is 33.3 Å². The zero-order valence-electron chi connectivity index (χ0n) is 16.6. The van der Waals surface area contributed by atoms with Gasteiger partial charge in [-0.25, -0.2) is 0 Å². The van der Waals surface area contributed by atoms with Gasteiger partial charge in [-0.15, -0.1) is 0 Å². The molecule has 2 atom stereocenters. The Bertz CT molecular complexity index is 497. The quantitative estimate of drug-likeness (QED) is 0.169. The van der Waals surface area contributed by atoms with Gasteiger partial charge in [0.1, 0.15) is 6.54 Å². The number of carbonyl (C=O) groups is 3. The molecule has 0 aliphatic rings. The van der Waals surface area contributed by atoms with Crippen molar-refractivity contribution in [3.05, 3.63) is 12.2 Å². The largest absolute Gasteiger partial charge is 0.481 e. The van der Waals surface area contributed by atoms with Gasteiger partial charge in [0.15, 0.2) is 6.10 Å². The minimum absolute atomic E-state index is 0.119. The molecule has 0 rings (SSSR count). The van der Waals surface area contributed by atoms with Crippen molar-refractivity contribution in [3.8, 4) is 0 Å². The third-order valence-corrected chi connectivity index (χ3v) is 3.70. The number of aliphatic carboxylic acids is 2. The van der Waals surface area contributed by atoms with E-state index >= 15 is 0 Å².